The Kier molecular flexibility index (Phi) is 5.61. The van der Waals surface area contributed by atoms with Gasteiger partial charge in [0.25, 0.3) is 0 Å². The van der Waals surface area contributed by atoms with Gasteiger partial charge in [-0.15, -0.1) is 0 Å². The molecule has 0 aromatic heterocycles. The van der Waals surface area contributed by atoms with E-state index in [4.69, 9.17) is 0 Å². The Morgan fingerprint density at radius 3 is 2.35 bits per heavy atom. The molecule has 2 heterocycles. The fourth-order valence-electron chi connectivity index (χ4n) is 3.08. The zero-order chi connectivity index (χ0) is 17.0. The van der Waals surface area contributed by atoms with Gasteiger partial charge in [-0.25, -0.2) is 8.42 Å². The molecule has 3 amide bonds. The van der Waals surface area contributed by atoms with Crippen molar-refractivity contribution in [2.75, 3.05) is 44.2 Å². The van der Waals surface area contributed by atoms with E-state index in [-0.39, 0.29) is 35.8 Å². The summed E-state index contributed by atoms with van der Waals surface area (Å²) in [7, 11) is -3.07. The molecule has 0 bridgehead atoms. The van der Waals surface area contributed by atoms with Crippen LogP contribution in [0.4, 0.5) is 0 Å². The van der Waals surface area contributed by atoms with Crippen molar-refractivity contribution in [1.82, 2.24) is 14.7 Å². The third-order valence-corrected chi connectivity index (χ3v) is 6.18. The monoisotopic (exact) mass is 345 g/mol. The molecule has 8 nitrogen and oxygen atoms in total. The Morgan fingerprint density at radius 2 is 1.87 bits per heavy atom. The number of rotatable bonds is 5. The quantitative estimate of drug-likeness (QED) is 0.456. The molecule has 1 atom stereocenters. The first-order chi connectivity index (χ1) is 10.9. The Bertz CT molecular complexity index is 569. The Hall–Kier alpha value is -1.64. The lowest BCUT2D eigenvalue weighted by molar-refractivity contribution is -0.143. The van der Waals surface area contributed by atoms with Crippen LogP contribution in [0.25, 0.3) is 0 Å². The van der Waals surface area contributed by atoms with Gasteiger partial charge >= 0.3 is 0 Å². The number of carbonyl (C=O) groups is 3. The molecular formula is C14H23N3O5S. The molecule has 0 aromatic rings. The minimum Gasteiger partial charge on any atom is -0.342 e. The summed E-state index contributed by atoms with van der Waals surface area (Å²) >= 11 is 0. The molecule has 9 heteroatoms. The highest BCUT2D eigenvalue weighted by atomic mass is 32.2. The second-order valence-corrected chi connectivity index (χ2v) is 8.16. The van der Waals surface area contributed by atoms with E-state index in [9.17, 15) is 22.8 Å². The van der Waals surface area contributed by atoms with Crippen LogP contribution in [0.3, 0.4) is 0 Å². The third kappa shape index (κ3) is 4.43. The van der Waals surface area contributed by atoms with Crippen molar-refractivity contribution in [1.29, 1.82) is 0 Å². The molecule has 0 spiro atoms. The van der Waals surface area contributed by atoms with Crippen LogP contribution in [0.5, 0.6) is 0 Å². The lowest BCUT2D eigenvalue weighted by Crippen LogP contribution is -2.50. The fourth-order valence-corrected chi connectivity index (χ4v) is 4.81. The predicted molar refractivity (Wildman–Crippen MR) is 83.3 cm³/mol. The van der Waals surface area contributed by atoms with E-state index in [0.29, 0.717) is 39.1 Å². The first-order valence-corrected chi connectivity index (χ1v) is 9.65. The van der Waals surface area contributed by atoms with E-state index in [1.54, 1.807) is 16.7 Å². The number of nitrogens with zero attached hydrogens (tertiary/aromatic N) is 3. The van der Waals surface area contributed by atoms with Crippen LogP contribution in [0.15, 0.2) is 0 Å². The van der Waals surface area contributed by atoms with Crippen molar-refractivity contribution >= 4 is 28.1 Å². The predicted octanol–water partition coefficient (Wildman–Crippen LogP) is -1.29. The van der Waals surface area contributed by atoms with Gasteiger partial charge in [0.05, 0.1) is 11.5 Å². The van der Waals surface area contributed by atoms with Crippen molar-refractivity contribution < 1.29 is 22.8 Å². The highest BCUT2D eigenvalue weighted by Crippen LogP contribution is 2.18. The maximum absolute atomic E-state index is 12.4. The normalized spacial score (nSPS) is 23.6. The first kappa shape index (κ1) is 17.7. The minimum absolute atomic E-state index is 0.0151. The smallest absolute Gasteiger partial charge is 0.232 e. The van der Waals surface area contributed by atoms with Crippen molar-refractivity contribution in [2.24, 2.45) is 0 Å². The maximum Gasteiger partial charge on any atom is 0.232 e. The van der Waals surface area contributed by atoms with Crippen LogP contribution >= 0.6 is 0 Å². The molecule has 1 unspecified atom stereocenters. The molecule has 2 saturated heterocycles. The number of piperazine rings is 1. The molecule has 2 aliphatic rings. The molecule has 0 N–H and O–H groups in total. The van der Waals surface area contributed by atoms with E-state index < -0.39 is 9.84 Å². The van der Waals surface area contributed by atoms with E-state index in [0.717, 1.165) is 6.41 Å². The van der Waals surface area contributed by atoms with Gasteiger partial charge < -0.3 is 14.7 Å². The van der Waals surface area contributed by atoms with Gasteiger partial charge in [-0.3, -0.25) is 14.4 Å². The number of hydrogen-bond acceptors (Lipinski definition) is 5. The summed E-state index contributed by atoms with van der Waals surface area (Å²) < 4.78 is 23.1. The van der Waals surface area contributed by atoms with Gasteiger partial charge in [-0.05, 0) is 13.3 Å². The topological polar surface area (TPSA) is 95.1 Å². The van der Waals surface area contributed by atoms with Crippen molar-refractivity contribution in [3.63, 3.8) is 0 Å². The van der Waals surface area contributed by atoms with Crippen LogP contribution in [-0.2, 0) is 24.2 Å². The van der Waals surface area contributed by atoms with Gasteiger partial charge in [-0.2, -0.15) is 0 Å². The number of amides is 3. The number of sulfone groups is 1. The lowest BCUT2D eigenvalue weighted by atomic mass is 10.2. The highest BCUT2D eigenvalue weighted by molar-refractivity contribution is 7.91. The van der Waals surface area contributed by atoms with Gasteiger partial charge in [0.15, 0.2) is 9.84 Å². The number of carbonyl (C=O) groups excluding carboxylic acids is 3. The fraction of sp³-hybridized carbons (Fsp3) is 0.786. The molecule has 0 aromatic carbocycles. The largest absolute Gasteiger partial charge is 0.342 e. The summed E-state index contributed by atoms with van der Waals surface area (Å²) in [5.41, 5.74) is 0. The molecule has 130 valence electrons. The van der Waals surface area contributed by atoms with Crippen molar-refractivity contribution in [3.05, 3.63) is 0 Å². The molecule has 0 saturated carbocycles. The Labute approximate surface area is 136 Å². The van der Waals surface area contributed by atoms with E-state index in [1.165, 1.54) is 4.90 Å². The van der Waals surface area contributed by atoms with Crippen molar-refractivity contribution in [2.45, 2.75) is 25.8 Å². The summed E-state index contributed by atoms with van der Waals surface area (Å²) in [5.74, 6) is -0.501. The Balaban J connectivity index is 1.89. The molecule has 0 aliphatic carbocycles. The zero-order valence-corrected chi connectivity index (χ0v) is 14.1. The lowest BCUT2D eigenvalue weighted by Gasteiger charge is -2.33. The second-order valence-electron chi connectivity index (χ2n) is 5.94. The standard InChI is InChI=1S/C14H23N3O5S/c1-2-17(12-3-8-23(21,22)10-12)14(20)9-13(19)16-6-4-15(11-18)5-7-16/h11-12H,2-10H2,1H3. The van der Waals surface area contributed by atoms with Gasteiger partial charge in [0.2, 0.25) is 18.2 Å². The summed E-state index contributed by atoms with van der Waals surface area (Å²) in [6.07, 6.45) is 0.950. The average molecular weight is 345 g/mol. The van der Waals surface area contributed by atoms with Crippen LogP contribution < -0.4 is 0 Å². The average Bonchev–Trinajstić information content (AvgIpc) is 2.87. The number of hydrogen-bond donors (Lipinski definition) is 0. The molecule has 2 aliphatic heterocycles. The summed E-state index contributed by atoms with van der Waals surface area (Å²) in [5, 5.41) is 0. The molecule has 0 radical (unpaired) electrons. The Morgan fingerprint density at radius 1 is 1.22 bits per heavy atom. The van der Waals surface area contributed by atoms with E-state index in [2.05, 4.69) is 0 Å². The maximum atomic E-state index is 12.4. The van der Waals surface area contributed by atoms with Crippen molar-refractivity contribution in [3.8, 4) is 0 Å². The molecular weight excluding hydrogens is 322 g/mol. The second kappa shape index (κ2) is 7.29. The summed E-state index contributed by atoms with van der Waals surface area (Å²) in [6, 6.07) is -0.322. The highest BCUT2D eigenvalue weighted by Gasteiger charge is 2.35. The van der Waals surface area contributed by atoms with Gasteiger partial charge in [-0.1, -0.05) is 0 Å². The molecule has 23 heavy (non-hydrogen) atoms. The molecule has 2 rings (SSSR count). The van der Waals surface area contributed by atoms with E-state index in [1.807, 2.05) is 0 Å². The first-order valence-electron chi connectivity index (χ1n) is 7.83. The van der Waals surface area contributed by atoms with Crippen LogP contribution in [-0.4, -0.2) is 91.6 Å². The van der Waals surface area contributed by atoms with Crippen LogP contribution in [0, 0.1) is 0 Å². The van der Waals surface area contributed by atoms with E-state index >= 15 is 0 Å². The molecule has 2 fully saturated rings. The van der Waals surface area contributed by atoms with Crippen LogP contribution in [0.2, 0.25) is 0 Å². The third-order valence-electron chi connectivity index (χ3n) is 4.43. The zero-order valence-electron chi connectivity index (χ0n) is 13.3. The SMILES string of the molecule is CCN(C(=O)CC(=O)N1CCN(C=O)CC1)C1CCS(=O)(=O)C1. The summed E-state index contributed by atoms with van der Waals surface area (Å²) in [6.45, 7) is 3.98. The summed E-state index contributed by atoms with van der Waals surface area (Å²) in [4.78, 5) is 39.9. The van der Waals surface area contributed by atoms with Gasteiger partial charge in [0, 0.05) is 38.8 Å². The minimum atomic E-state index is -3.07. The van der Waals surface area contributed by atoms with Gasteiger partial charge in [0.1, 0.15) is 6.42 Å². The van der Waals surface area contributed by atoms with Crippen LogP contribution in [0.1, 0.15) is 19.8 Å².